The van der Waals surface area contributed by atoms with Crippen LogP contribution in [0.2, 0.25) is 0 Å². The first-order valence-electron chi connectivity index (χ1n) is 4.98. The topological polar surface area (TPSA) is 58.2 Å². The molecule has 0 bridgehead atoms. The normalized spacial score (nSPS) is 12.4. The Morgan fingerprint density at radius 1 is 1.21 bits per heavy atom. The summed E-state index contributed by atoms with van der Waals surface area (Å²) >= 11 is 0. The van der Waals surface area contributed by atoms with Crippen LogP contribution in [0.3, 0.4) is 0 Å². The van der Waals surface area contributed by atoms with Crippen LogP contribution in [0.15, 0.2) is 0 Å². The minimum Gasteiger partial charge on any atom is -0.357 e. The molecule has 0 aromatic carbocycles. The van der Waals surface area contributed by atoms with Gasteiger partial charge in [0, 0.05) is 13.5 Å². The lowest BCUT2D eigenvalue weighted by Gasteiger charge is -2.12. The van der Waals surface area contributed by atoms with Gasteiger partial charge in [-0.2, -0.15) is 0 Å². The third-order valence-corrected chi connectivity index (χ3v) is 1.97. The van der Waals surface area contributed by atoms with Gasteiger partial charge in [-0.15, -0.1) is 0 Å². The van der Waals surface area contributed by atoms with Crippen molar-refractivity contribution in [2.45, 2.75) is 39.7 Å². The molecule has 0 radical (unpaired) electrons. The lowest BCUT2D eigenvalue weighted by Crippen LogP contribution is -2.43. The fourth-order valence-corrected chi connectivity index (χ4v) is 1.02. The van der Waals surface area contributed by atoms with E-state index in [1.807, 2.05) is 0 Å². The Morgan fingerprint density at radius 3 is 2.21 bits per heavy atom. The van der Waals surface area contributed by atoms with Crippen LogP contribution < -0.4 is 10.6 Å². The summed E-state index contributed by atoms with van der Waals surface area (Å²) in [5.74, 6) is 0.286. The van der Waals surface area contributed by atoms with Crippen LogP contribution in [0.25, 0.3) is 0 Å². The molecule has 0 saturated carbocycles. The van der Waals surface area contributed by atoms with E-state index in [0.717, 1.165) is 6.42 Å². The SMILES string of the molecule is CNC(=O)[C@@H](C)NC(=O)CCC(C)C. The average Bonchev–Trinajstić information content (AvgIpc) is 2.13. The molecule has 2 N–H and O–H groups in total. The van der Waals surface area contributed by atoms with Crippen molar-refractivity contribution in [3.8, 4) is 0 Å². The van der Waals surface area contributed by atoms with Gasteiger partial charge in [-0.25, -0.2) is 0 Å². The Kier molecular flexibility index (Phi) is 5.92. The van der Waals surface area contributed by atoms with Crippen molar-refractivity contribution >= 4 is 11.8 Å². The van der Waals surface area contributed by atoms with Crippen LogP contribution in [-0.2, 0) is 9.59 Å². The zero-order chi connectivity index (χ0) is 11.1. The second-order valence-electron chi connectivity index (χ2n) is 3.84. The molecule has 0 aromatic heterocycles. The Hall–Kier alpha value is -1.06. The van der Waals surface area contributed by atoms with Crippen molar-refractivity contribution in [3.63, 3.8) is 0 Å². The van der Waals surface area contributed by atoms with E-state index in [4.69, 9.17) is 0 Å². The third kappa shape index (κ3) is 5.56. The molecular formula is C10H20N2O2. The summed E-state index contributed by atoms with van der Waals surface area (Å²) in [4.78, 5) is 22.3. The van der Waals surface area contributed by atoms with E-state index in [0.29, 0.717) is 12.3 Å². The van der Waals surface area contributed by atoms with Crippen LogP contribution in [-0.4, -0.2) is 24.9 Å². The van der Waals surface area contributed by atoms with Crippen molar-refractivity contribution < 1.29 is 9.59 Å². The summed E-state index contributed by atoms with van der Waals surface area (Å²) in [7, 11) is 1.55. The predicted molar refractivity (Wildman–Crippen MR) is 55.7 cm³/mol. The molecule has 2 amide bonds. The highest BCUT2D eigenvalue weighted by Gasteiger charge is 2.13. The summed E-state index contributed by atoms with van der Waals surface area (Å²) < 4.78 is 0. The smallest absolute Gasteiger partial charge is 0.242 e. The van der Waals surface area contributed by atoms with Gasteiger partial charge in [0.2, 0.25) is 11.8 Å². The summed E-state index contributed by atoms with van der Waals surface area (Å²) in [5.41, 5.74) is 0. The number of hydrogen-bond donors (Lipinski definition) is 2. The predicted octanol–water partition coefficient (Wildman–Crippen LogP) is 0.673. The maximum absolute atomic E-state index is 11.3. The number of nitrogens with one attached hydrogen (secondary N) is 2. The first-order chi connectivity index (χ1) is 6.47. The zero-order valence-corrected chi connectivity index (χ0v) is 9.39. The molecule has 0 rings (SSSR count). The lowest BCUT2D eigenvalue weighted by molar-refractivity contribution is -0.128. The fourth-order valence-electron chi connectivity index (χ4n) is 1.02. The Morgan fingerprint density at radius 2 is 1.79 bits per heavy atom. The van der Waals surface area contributed by atoms with Gasteiger partial charge >= 0.3 is 0 Å². The highest BCUT2D eigenvalue weighted by atomic mass is 16.2. The van der Waals surface area contributed by atoms with Crippen molar-refractivity contribution in [1.82, 2.24) is 10.6 Å². The van der Waals surface area contributed by atoms with Crippen LogP contribution in [0.4, 0.5) is 0 Å². The average molecular weight is 200 g/mol. The maximum atomic E-state index is 11.3. The first kappa shape index (κ1) is 12.9. The Labute approximate surface area is 85.4 Å². The Balaban J connectivity index is 3.77. The Bertz CT molecular complexity index is 202. The first-order valence-corrected chi connectivity index (χ1v) is 4.98. The largest absolute Gasteiger partial charge is 0.357 e. The summed E-state index contributed by atoms with van der Waals surface area (Å²) in [6.45, 7) is 5.80. The number of hydrogen-bond acceptors (Lipinski definition) is 2. The molecule has 4 heteroatoms. The van der Waals surface area contributed by atoms with Gasteiger partial charge < -0.3 is 10.6 Å². The number of carbonyl (C=O) groups is 2. The molecule has 82 valence electrons. The van der Waals surface area contributed by atoms with E-state index >= 15 is 0 Å². The molecule has 0 aromatic rings. The van der Waals surface area contributed by atoms with Crippen LogP contribution in [0.5, 0.6) is 0 Å². The molecule has 0 unspecified atom stereocenters. The molecular weight excluding hydrogens is 180 g/mol. The van der Waals surface area contributed by atoms with Gasteiger partial charge in [0.1, 0.15) is 6.04 Å². The highest BCUT2D eigenvalue weighted by Crippen LogP contribution is 2.02. The van der Waals surface area contributed by atoms with Gasteiger partial charge in [-0.05, 0) is 19.3 Å². The van der Waals surface area contributed by atoms with Crippen molar-refractivity contribution in [3.05, 3.63) is 0 Å². The highest BCUT2D eigenvalue weighted by molar-refractivity contribution is 5.86. The van der Waals surface area contributed by atoms with Crippen molar-refractivity contribution in [1.29, 1.82) is 0 Å². The van der Waals surface area contributed by atoms with E-state index < -0.39 is 6.04 Å². The van der Waals surface area contributed by atoms with E-state index in [2.05, 4.69) is 24.5 Å². The summed E-state index contributed by atoms with van der Waals surface area (Å²) in [5, 5.41) is 5.12. The number of likely N-dealkylation sites (N-methyl/N-ethyl adjacent to an activating group) is 1. The zero-order valence-electron chi connectivity index (χ0n) is 9.39. The van der Waals surface area contributed by atoms with Gasteiger partial charge in [0.15, 0.2) is 0 Å². The molecule has 0 spiro atoms. The van der Waals surface area contributed by atoms with Gasteiger partial charge in [-0.1, -0.05) is 13.8 Å². The third-order valence-electron chi connectivity index (χ3n) is 1.97. The standard InChI is InChI=1S/C10H20N2O2/c1-7(2)5-6-9(13)12-8(3)10(14)11-4/h7-8H,5-6H2,1-4H3,(H,11,14)(H,12,13)/t8-/m1/s1. The van der Waals surface area contributed by atoms with E-state index in [9.17, 15) is 9.59 Å². The number of rotatable bonds is 5. The van der Waals surface area contributed by atoms with E-state index in [1.165, 1.54) is 0 Å². The lowest BCUT2D eigenvalue weighted by atomic mass is 10.1. The monoisotopic (exact) mass is 200 g/mol. The molecule has 0 heterocycles. The molecule has 0 saturated heterocycles. The van der Waals surface area contributed by atoms with Gasteiger partial charge in [0.05, 0.1) is 0 Å². The number of amides is 2. The molecule has 1 atom stereocenters. The molecule has 0 aliphatic rings. The molecule has 14 heavy (non-hydrogen) atoms. The van der Waals surface area contributed by atoms with Gasteiger partial charge in [-0.3, -0.25) is 9.59 Å². The van der Waals surface area contributed by atoms with E-state index in [1.54, 1.807) is 14.0 Å². The number of carbonyl (C=O) groups excluding carboxylic acids is 2. The van der Waals surface area contributed by atoms with Crippen LogP contribution in [0, 0.1) is 5.92 Å². The minimum absolute atomic E-state index is 0.0604. The van der Waals surface area contributed by atoms with E-state index in [-0.39, 0.29) is 11.8 Å². The molecule has 0 aliphatic heterocycles. The van der Waals surface area contributed by atoms with Crippen LogP contribution in [0.1, 0.15) is 33.6 Å². The van der Waals surface area contributed by atoms with Crippen molar-refractivity contribution in [2.75, 3.05) is 7.05 Å². The minimum atomic E-state index is -0.445. The molecule has 0 aliphatic carbocycles. The fraction of sp³-hybridized carbons (Fsp3) is 0.800. The van der Waals surface area contributed by atoms with Crippen molar-refractivity contribution in [2.24, 2.45) is 5.92 Å². The van der Waals surface area contributed by atoms with Gasteiger partial charge in [0.25, 0.3) is 0 Å². The molecule has 0 fully saturated rings. The quantitative estimate of drug-likeness (QED) is 0.685. The maximum Gasteiger partial charge on any atom is 0.242 e. The second kappa shape index (κ2) is 6.40. The summed E-state index contributed by atoms with van der Waals surface area (Å²) in [6.07, 6.45) is 1.34. The second-order valence-corrected chi connectivity index (χ2v) is 3.84. The van der Waals surface area contributed by atoms with Crippen LogP contribution >= 0.6 is 0 Å². The summed E-state index contributed by atoms with van der Waals surface area (Å²) in [6, 6.07) is -0.445. The molecule has 4 nitrogen and oxygen atoms in total.